The van der Waals surface area contributed by atoms with Gasteiger partial charge in [-0.1, -0.05) is 103 Å². The SMILES string of the molecule is Cc1ccc(C(C)C)cc1CN1C(=O)[C@](O)(CC(=O)c2ccc(-c3ccccc3)cc2)c2cc(Br)ccc21. The van der Waals surface area contributed by atoms with Crippen molar-refractivity contribution >= 4 is 33.3 Å². The fraction of sp³-hybridized carbons (Fsp3) is 0.212. The number of nitrogens with zero attached hydrogens (tertiary/aromatic N) is 1. The van der Waals surface area contributed by atoms with Gasteiger partial charge in [-0.2, -0.15) is 0 Å². The lowest BCUT2D eigenvalue weighted by Crippen LogP contribution is -2.41. The number of aryl methyl sites for hydroxylation is 1. The highest BCUT2D eigenvalue weighted by Crippen LogP contribution is 2.45. The van der Waals surface area contributed by atoms with Crippen LogP contribution in [0.5, 0.6) is 0 Å². The van der Waals surface area contributed by atoms with Crippen molar-refractivity contribution in [2.24, 2.45) is 0 Å². The summed E-state index contributed by atoms with van der Waals surface area (Å²) >= 11 is 3.48. The molecule has 0 saturated heterocycles. The Morgan fingerprint density at radius 2 is 1.61 bits per heavy atom. The van der Waals surface area contributed by atoms with Gasteiger partial charge in [-0.25, -0.2) is 0 Å². The Bertz CT molecular complexity index is 1510. The zero-order chi connectivity index (χ0) is 27.0. The molecule has 1 heterocycles. The number of rotatable bonds is 7. The van der Waals surface area contributed by atoms with Gasteiger partial charge in [0.2, 0.25) is 0 Å². The average Bonchev–Trinajstić information content (AvgIpc) is 3.11. The van der Waals surface area contributed by atoms with E-state index >= 15 is 0 Å². The van der Waals surface area contributed by atoms with Gasteiger partial charge in [-0.05, 0) is 58.9 Å². The summed E-state index contributed by atoms with van der Waals surface area (Å²) in [5, 5.41) is 11.8. The molecule has 0 aromatic heterocycles. The van der Waals surface area contributed by atoms with Crippen LogP contribution < -0.4 is 4.90 Å². The Labute approximate surface area is 232 Å². The first-order valence-corrected chi connectivity index (χ1v) is 13.6. The zero-order valence-electron chi connectivity index (χ0n) is 21.7. The van der Waals surface area contributed by atoms with Gasteiger partial charge in [0.15, 0.2) is 11.4 Å². The van der Waals surface area contributed by atoms with Crippen molar-refractivity contribution in [2.75, 3.05) is 4.90 Å². The second-order valence-electron chi connectivity index (χ2n) is 10.3. The quantitative estimate of drug-likeness (QED) is 0.234. The number of carbonyl (C=O) groups is 2. The Morgan fingerprint density at radius 1 is 0.921 bits per heavy atom. The maximum Gasteiger partial charge on any atom is 0.264 e. The standard InChI is InChI=1S/C33H30BrNO3/c1-21(2)26-10-9-22(3)27(17-26)20-35-30-16-15-28(34)18-29(30)33(38,32(35)37)19-31(36)25-13-11-24(12-14-25)23-7-5-4-6-8-23/h4-18,21,38H,19-20H2,1-3H3/t33-/m0/s1. The summed E-state index contributed by atoms with van der Waals surface area (Å²) < 4.78 is 0.738. The van der Waals surface area contributed by atoms with Crippen molar-refractivity contribution in [3.63, 3.8) is 0 Å². The van der Waals surface area contributed by atoms with Crippen molar-refractivity contribution in [1.29, 1.82) is 0 Å². The van der Waals surface area contributed by atoms with Gasteiger partial charge in [0.1, 0.15) is 0 Å². The van der Waals surface area contributed by atoms with Gasteiger partial charge in [0.25, 0.3) is 5.91 Å². The second kappa shape index (κ2) is 10.3. The van der Waals surface area contributed by atoms with Gasteiger partial charge in [-0.15, -0.1) is 0 Å². The minimum absolute atomic E-state index is 0.286. The van der Waals surface area contributed by atoms with Crippen molar-refractivity contribution in [1.82, 2.24) is 0 Å². The van der Waals surface area contributed by atoms with Crippen LogP contribution in [0, 0.1) is 6.92 Å². The summed E-state index contributed by atoms with van der Waals surface area (Å²) in [6.07, 6.45) is -0.332. The number of carbonyl (C=O) groups excluding carboxylic acids is 2. The number of halogens is 1. The van der Waals surface area contributed by atoms with Gasteiger partial charge >= 0.3 is 0 Å². The third-order valence-corrected chi connectivity index (χ3v) is 7.89. The second-order valence-corrected chi connectivity index (χ2v) is 11.2. The Balaban J connectivity index is 1.45. The van der Waals surface area contributed by atoms with Crippen molar-refractivity contribution < 1.29 is 14.7 Å². The first-order valence-electron chi connectivity index (χ1n) is 12.8. The molecule has 4 aromatic rings. The third-order valence-electron chi connectivity index (χ3n) is 7.39. The third kappa shape index (κ3) is 4.84. The van der Waals surface area contributed by atoms with E-state index in [1.54, 1.807) is 23.1 Å². The van der Waals surface area contributed by atoms with E-state index in [4.69, 9.17) is 0 Å². The average molecular weight is 569 g/mol. The van der Waals surface area contributed by atoms with E-state index in [0.717, 1.165) is 26.7 Å². The van der Waals surface area contributed by atoms with Crippen LogP contribution in [0.3, 0.4) is 0 Å². The van der Waals surface area contributed by atoms with Gasteiger partial charge in [0.05, 0.1) is 18.7 Å². The summed E-state index contributed by atoms with van der Waals surface area (Å²) in [6, 6.07) is 29.0. The highest BCUT2D eigenvalue weighted by molar-refractivity contribution is 9.10. The lowest BCUT2D eigenvalue weighted by molar-refractivity contribution is -0.136. The predicted octanol–water partition coefficient (Wildman–Crippen LogP) is 7.56. The number of hydrogen-bond acceptors (Lipinski definition) is 3. The summed E-state index contributed by atoms with van der Waals surface area (Å²) in [5.74, 6) is -0.407. The van der Waals surface area contributed by atoms with Crippen LogP contribution >= 0.6 is 15.9 Å². The molecule has 0 spiro atoms. The smallest absolute Gasteiger partial charge is 0.264 e. The molecule has 5 rings (SSSR count). The molecule has 0 aliphatic carbocycles. The monoisotopic (exact) mass is 567 g/mol. The van der Waals surface area contributed by atoms with E-state index in [1.165, 1.54) is 5.56 Å². The van der Waals surface area contributed by atoms with Crippen LogP contribution in [0.4, 0.5) is 5.69 Å². The maximum absolute atomic E-state index is 13.8. The van der Waals surface area contributed by atoms with Crippen molar-refractivity contribution in [3.8, 4) is 11.1 Å². The Hall–Kier alpha value is -3.54. The molecular formula is C33H30BrNO3. The zero-order valence-corrected chi connectivity index (χ0v) is 23.3. The molecule has 0 radical (unpaired) electrons. The fourth-order valence-corrected chi connectivity index (χ4v) is 5.42. The van der Waals surface area contributed by atoms with Crippen molar-refractivity contribution in [3.05, 3.63) is 123 Å². The molecule has 1 aliphatic rings. The summed E-state index contributed by atoms with van der Waals surface area (Å²) in [6.45, 7) is 6.62. The molecule has 1 aliphatic heterocycles. The van der Waals surface area contributed by atoms with Gasteiger partial charge in [0, 0.05) is 15.6 Å². The molecule has 0 fully saturated rings. The molecule has 1 atom stereocenters. The maximum atomic E-state index is 13.8. The largest absolute Gasteiger partial charge is 0.375 e. The highest BCUT2D eigenvalue weighted by atomic mass is 79.9. The molecule has 5 heteroatoms. The molecule has 4 aromatic carbocycles. The number of amides is 1. The predicted molar refractivity (Wildman–Crippen MR) is 155 cm³/mol. The number of hydrogen-bond donors (Lipinski definition) is 1. The first-order chi connectivity index (χ1) is 18.2. The molecule has 0 unspecified atom stereocenters. The van der Waals surface area contributed by atoms with E-state index in [-0.39, 0.29) is 12.2 Å². The van der Waals surface area contributed by atoms with Gasteiger partial charge in [-0.3, -0.25) is 9.59 Å². The number of aliphatic hydroxyl groups is 1. The van der Waals surface area contributed by atoms with Crippen LogP contribution in [-0.4, -0.2) is 16.8 Å². The number of anilines is 1. The van der Waals surface area contributed by atoms with Gasteiger partial charge < -0.3 is 10.0 Å². The van der Waals surface area contributed by atoms with E-state index in [9.17, 15) is 14.7 Å². The lowest BCUT2D eigenvalue weighted by Gasteiger charge is -2.24. The Morgan fingerprint density at radius 3 is 2.29 bits per heavy atom. The van der Waals surface area contributed by atoms with E-state index in [1.807, 2.05) is 61.5 Å². The normalized spacial score (nSPS) is 16.7. The minimum Gasteiger partial charge on any atom is -0.375 e. The van der Waals surface area contributed by atoms with Crippen LogP contribution in [0.25, 0.3) is 11.1 Å². The molecule has 1 amide bonds. The molecular weight excluding hydrogens is 538 g/mol. The number of benzene rings is 4. The molecule has 4 nitrogen and oxygen atoms in total. The number of fused-ring (bicyclic) bond motifs is 1. The highest BCUT2D eigenvalue weighted by Gasteiger charge is 2.51. The molecule has 0 saturated carbocycles. The van der Waals surface area contributed by atoms with Crippen LogP contribution in [-0.2, 0) is 16.9 Å². The summed E-state index contributed by atoms with van der Waals surface area (Å²) in [5.41, 5.74) is 4.93. The summed E-state index contributed by atoms with van der Waals surface area (Å²) in [7, 11) is 0. The molecule has 38 heavy (non-hydrogen) atoms. The lowest BCUT2D eigenvalue weighted by atomic mass is 9.88. The minimum atomic E-state index is -1.95. The molecule has 192 valence electrons. The van der Waals surface area contributed by atoms with Crippen molar-refractivity contribution in [2.45, 2.75) is 45.3 Å². The summed E-state index contributed by atoms with van der Waals surface area (Å²) in [4.78, 5) is 28.8. The van der Waals surface area contributed by atoms with E-state index < -0.39 is 11.5 Å². The first kappa shape index (κ1) is 26.1. The number of ketones is 1. The topological polar surface area (TPSA) is 57.6 Å². The van der Waals surface area contributed by atoms with E-state index in [0.29, 0.717) is 29.3 Å². The van der Waals surface area contributed by atoms with E-state index in [2.05, 4.69) is 48.0 Å². The fourth-order valence-electron chi connectivity index (χ4n) is 5.06. The van der Waals surface area contributed by atoms with Crippen LogP contribution in [0.1, 0.15) is 58.8 Å². The number of Topliss-reactive ketones (excluding diaryl/α,β-unsaturated/α-hetero) is 1. The van der Waals surface area contributed by atoms with Crippen LogP contribution in [0.15, 0.2) is 95.5 Å². The van der Waals surface area contributed by atoms with Crippen LogP contribution in [0.2, 0.25) is 0 Å². The molecule has 1 N–H and O–H groups in total. The Kier molecular flexibility index (Phi) is 7.08. The molecule has 0 bridgehead atoms.